The predicted molar refractivity (Wildman–Crippen MR) is 75.0 cm³/mol. The lowest BCUT2D eigenvalue weighted by molar-refractivity contribution is -0.137. The van der Waals surface area contributed by atoms with E-state index in [1.54, 1.807) is 24.3 Å². The van der Waals surface area contributed by atoms with Gasteiger partial charge in [-0.3, -0.25) is 4.79 Å². The molecule has 0 aliphatic carbocycles. The average molecular weight is 294 g/mol. The minimum Gasteiger partial charge on any atom is -0.399 e. The van der Waals surface area contributed by atoms with E-state index in [1.165, 1.54) is 11.9 Å². The van der Waals surface area contributed by atoms with E-state index in [0.29, 0.717) is 11.4 Å². The van der Waals surface area contributed by atoms with Gasteiger partial charge in [-0.05, 0) is 42.5 Å². The molecule has 0 unspecified atom stereocenters. The maximum absolute atomic E-state index is 12.5. The van der Waals surface area contributed by atoms with Crippen molar-refractivity contribution in [1.29, 1.82) is 0 Å². The Labute approximate surface area is 119 Å². The summed E-state index contributed by atoms with van der Waals surface area (Å²) in [5, 5.41) is 0. The second kappa shape index (κ2) is 5.47. The molecular formula is C15H13F3N2O. The molecule has 6 heteroatoms. The highest BCUT2D eigenvalue weighted by molar-refractivity contribution is 6.05. The van der Waals surface area contributed by atoms with Gasteiger partial charge in [-0.25, -0.2) is 0 Å². The molecule has 2 aromatic carbocycles. The summed E-state index contributed by atoms with van der Waals surface area (Å²) in [6, 6.07) is 10.8. The summed E-state index contributed by atoms with van der Waals surface area (Å²) in [6.45, 7) is 0. The fourth-order valence-electron chi connectivity index (χ4n) is 1.85. The normalized spacial score (nSPS) is 11.2. The second-order valence-corrected chi connectivity index (χ2v) is 4.53. The lowest BCUT2D eigenvalue weighted by Crippen LogP contribution is -2.26. The van der Waals surface area contributed by atoms with Crippen molar-refractivity contribution in [2.24, 2.45) is 0 Å². The first kappa shape index (κ1) is 14.9. The number of anilines is 2. The number of carbonyl (C=O) groups excluding carboxylic acids is 1. The van der Waals surface area contributed by atoms with E-state index >= 15 is 0 Å². The molecule has 2 rings (SSSR count). The lowest BCUT2D eigenvalue weighted by atomic mass is 10.1. The van der Waals surface area contributed by atoms with Crippen molar-refractivity contribution in [3.63, 3.8) is 0 Å². The van der Waals surface area contributed by atoms with Crippen LogP contribution in [-0.4, -0.2) is 13.0 Å². The summed E-state index contributed by atoms with van der Waals surface area (Å²) in [7, 11) is 1.54. The van der Waals surface area contributed by atoms with Crippen LogP contribution in [-0.2, 0) is 6.18 Å². The first-order valence-corrected chi connectivity index (χ1v) is 6.10. The smallest absolute Gasteiger partial charge is 0.399 e. The largest absolute Gasteiger partial charge is 0.416 e. The highest BCUT2D eigenvalue weighted by Gasteiger charge is 2.30. The van der Waals surface area contributed by atoms with Crippen LogP contribution in [0.3, 0.4) is 0 Å². The van der Waals surface area contributed by atoms with E-state index in [4.69, 9.17) is 5.73 Å². The molecule has 0 bridgehead atoms. The van der Waals surface area contributed by atoms with Gasteiger partial charge in [0.05, 0.1) is 5.56 Å². The van der Waals surface area contributed by atoms with E-state index in [2.05, 4.69) is 0 Å². The fourth-order valence-corrected chi connectivity index (χ4v) is 1.85. The first-order chi connectivity index (χ1) is 9.79. The number of halogens is 3. The molecule has 0 saturated heterocycles. The molecule has 0 radical (unpaired) electrons. The Morgan fingerprint density at radius 1 is 1.10 bits per heavy atom. The van der Waals surface area contributed by atoms with Gasteiger partial charge in [0.2, 0.25) is 0 Å². The van der Waals surface area contributed by atoms with Crippen molar-refractivity contribution in [1.82, 2.24) is 0 Å². The molecule has 0 spiro atoms. The maximum atomic E-state index is 12.5. The van der Waals surface area contributed by atoms with Crippen molar-refractivity contribution in [2.45, 2.75) is 6.18 Å². The molecule has 3 nitrogen and oxygen atoms in total. The molecule has 0 aromatic heterocycles. The number of benzene rings is 2. The van der Waals surface area contributed by atoms with Gasteiger partial charge in [-0.15, -0.1) is 0 Å². The van der Waals surface area contributed by atoms with Crippen LogP contribution in [0, 0.1) is 0 Å². The Morgan fingerprint density at radius 2 is 1.71 bits per heavy atom. The van der Waals surface area contributed by atoms with E-state index in [9.17, 15) is 18.0 Å². The number of nitrogens with zero attached hydrogens (tertiary/aromatic N) is 1. The molecule has 0 aliphatic rings. The number of rotatable bonds is 2. The number of hydrogen-bond acceptors (Lipinski definition) is 2. The Kier molecular flexibility index (Phi) is 3.88. The summed E-state index contributed by atoms with van der Waals surface area (Å²) >= 11 is 0. The number of amides is 1. The number of carbonyl (C=O) groups is 1. The van der Waals surface area contributed by atoms with Crippen molar-refractivity contribution in [3.05, 3.63) is 59.7 Å². The van der Waals surface area contributed by atoms with Gasteiger partial charge in [-0.1, -0.05) is 6.07 Å². The second-order valence-electron chi connectivity index (χ2n) is 4.53. The van der Waals surface area contributed by atoms with Gasteiger partial charge in [0.15, 0.2) is 0 Å². The molecule has 2 N–H and O–H groups in total. The summed E-state index contributed by atoms with van der Waals surface area (Å²) in [4.78, 5) is 13.6. The van der Waals surface area contributed by atoms with Crippen LogP contribution < -0.4 is 10.6 Å². The number of nitrogen functional groups attached to an aromatic ring is 1. The SMILES string of the molecule is CN(C(=O)c1ccc(C(F)(F)F)cc1)c1cccc(N)c1. The van der Waals surface area contributed by atoms with Crippen LogP contribution in [0.15, 0.2) is 48.5 Å². The summed E-state index contributed by atoms with van der Waals surface area (Å²) in [5.74, 6) is -0.408. The van der Waals surface area contributed by atoms with Crippen molar-refractivity contribution < 1.29 is 18.0 Å². The minimum absolute atomic E-state index is 0.174. The first-order valence-electron chi connectivity index (χ1n) is 6.10. The van der Waals surface area contributed by atoms with Crippen LogP contribution in [0.5, 0.6) is 0 Å². The molecular weight excluding hydrogens is 281 g/mol. The van der Waals surface area contributed by atoms with Crippen molar-refractivity contribution in [3.8, 4) is 0 Å². The van der Waals surface area contributed by atoms with Gasteiger partial charge < -0.3 is 10.6 Å². The molecule has 1 amide bonds. The molecule has 21 heavy (non-hydrogen) atoms. The van der Waals surface area contributed by atoms with Crippen LogP contribution in [0.25, 0.3) is 0 Å². The van der Waals surface area contributed by atoms with Gasteiger partial charge in [0.25, 0.3) is 5.91 Å². The van der Waals surface area contributed by atoms with Crippen LogP contribution >= 0.6 is 0 Å². The number of alkyl halides is 3. The van der Waals surface area contributed by atoms with Crippen molar-refractivity contribution >= 4 is 17.3 Å². The summed E-state index contributed by atoms with van der Waals surface area (Å²) < 4.78 is 37.4. The lowest BCUT2D eigenvalue weighted by Gasteiger charge is -2.18. The standard InChI is InChI=1S/C15H13F3N2O/c1-20(13-4-2-3-12(19)9-13)14(21)10-5-7-11(8-6-10)15(16,17)18/h2-9H,19H2,1H3. The summed E-state index contributed by atoms with van der Waals surface area (Å²) in [6.07, 6.45) is -4.42. The van der Waals surface area contributed by atoms with E-state index in [0.717, 1.165) is 24.3 Å². The molecule has 0 fully saturated rings. The molecule has 0 aliphatic heterocycles. The molecule has 0 heterocycles. The van der Waals surface area contributed by atoms with Crippen molar-refractivity contribution in [2.75, 3.05) is 17.7 Å². The van der Waals surface area contributed by atoms with Crippen LogP contribution in [0.2, 0.25) is 0 Å². The van der Waals surface area contributed by atoms with Gasteiger partial charge in [0, 0.05) is 24.0 Å². The maximum Gasteiger partial charge on any atom is 0.416 e. The molecule has 110 valence electrons. The Hall–Kier alpha value is -2.50. The quantitative estimate of drug-likeness (QED) is 0.861. The monoisotopic (exact) mass is 294 g/mol. The zero-order valence-electron chi connectivity index (χ0n) is 11.2. The Balaban J connectivity index is 2.24. The number of hydrogen-bond donors (Lipinski definition) is 1. The molecule has 0 saturated carbocycles. The third-order valence-electron chi connectivity index (χ3n) is 3.02. The summed E-state index contributed by atoms with van der Waals surface area (Å²) in [5.41, 5.74) is 6.10. The van der Waals surface area contributed by atoms with E-state index in [1.807, 2.05) is 0 Å². The average Bonchev–Trinajstić information content (AvgIpc) is 2.45. The van der Waals surface area contributed by atoms with Gasteiger partial charge in [-0.2, -0.15) is 13.2 Å². The molecule has 0 atom stereocenters. The highest BCUT2D eigenvalue weighted by atomic mass is 19.4. The predicted octanol–water partition coefficient (Wildman–Crippen LogP) is 3.56. The topological polar surface area (TPSA) is 46.3 Å². The zero-order valence-corrected chi connectivity index (χ0v) is 11.2. The Bertz CT molecular complexity index is 651. The molecule has 2 aromatic rings. The van der Waals surface area contributed by atoms with Gasteiger partial charge in [0.1, 0.15) is 0 Å². The van der Waals surface area contributed by atoms with Crippen LogP contribution in [0.1, 0.15) is 15.9 Å². The Morgan fingerprint density at radius 3 is 2.24 bits per heavy atom. The number of nitrogens with two attached hydrogens (primary N) is 1. The highest BCUT2D eigenvalue weighted by Crippen LogP contribution is 2.29. The third kappa shape index (κ3) is 3.34. The third-order valence-corrected chi connectivity index (χ3v) is 3.02. The fraction of sp³-hybridized carbons (Fsp3) is 0.133. The van der Waals surface area contributed by atoms with E-state index in [-0.39, 0.29) is 5.56 Å². The van der Waals surface area contributed by atoms with E-state index < -0.39 is 17.6 Å². The minimum atomic E-state index is -4.42. The van der Waals surface area contributed by atoms with Crippen LogP contribution in [0.4, 0.5) is 24.5 Å². The van der Waals surface area contributed by atoms with Gasteiger partial charge >= 0.3 is 6.18 Å². The zero-order chi connectivity index (χ0) is 15.6.